The molecule has 0 aliphatic heterocycles. The van der Waals surface area contributed by atoms with Crippen LogP contribution < -0.4 is 0 Å². The third-order valence-electron chi connectivity index (χ3n) is 5.21. The van der Waals surface area contributed by atoms with Crippen molar-refractivity contribution in [1.29, 1.82) is 0 Å². The van der Waals surface area contributed by atoms with E-state index in [2.05, 4.69) is 92.7 Å². The van der Waals surface area contributed by atoms with E-state index in [4.69, 9.17) is 0 Å². The molecule has 156 valence electrons. The highest BCUT2D eigenvalue weighted by Crippen LogP contribution is 2.12. The van der Waals surface area contributed by atoms with E-state index >= 15 is 0 Å². The van der Waals surface area contributed by atoms with Gasteiger partial charge in [0, 0.05) is 33.4 Å². The minimum atomic E-state index is 0.880. The largest absolute Gasteiger partial charge is 0.0617 e. The third-order valence-corrected chi connectivity index (χ3v) is 5.21. The lowest BCUT2D eigenvalue weighted by Gasteiger charge is -1.99. The van der Waals surface area contributed by atoms with Crippen molar-refractivity contribution in [3.05, 3.63) is 141 Å². The van der Waals surface area contributed by atoms with Gasteiger partial charge in [0.1, 0.15) is 0 Å². The van der Waals surface area contributed by atoms with Gasteiger partial charge in [-0.3, -0.25) is 0 Å². The Kier molecular flexibility index (Phi) is 6.76. The summed E-state index contributed by atoms with van der Waals surface area (Å²) in [5, 5.41) is 0. The molecular weight excluding hydrogens is 396 g/mol. The summed E-state index contributed by atoms with van der Waals surface area (Å²) in [4.78, 5) is 0. The van der Waals surface area contributed by atoms with Crippen molar-refractivity contribution in [1.82, 2.24) is 0 Å². The summed E-state index contributed by atoms with van der Waals surface area (Å²) in [6.07, 6.45) is 0. The van der Waals surface area contributed by atoms with Crippen LogP contribution in [0, 0.1) is 56.3 Å². The molecule has 4 aromatic carbocycles. The molecule has 0 amide bonds. The van der Waals surface area contributed by atoms with Crippen LogP contribution in [-0.4, -0.2) is 0 Å². The van der Waals surface area contributed by atoms with Gasteiger partial charge in [-0.2, -0.15) is 0 Å². The molecule has 0 unspecified atom stereocenters. The first-order valence-corrected chi connectivity index (χ1v) is 11.0. The Morgan fingerprint density at radius 2 is 0.667 bits per heavy atom. The molecule has 4 aromatic rings. The van der Waals surface area contributed by atoms with Crippen LogP contribution in [0.25, 0.3) is 0 Å². The van der Waals surface area contributed by atoms with Crippen LogP contribution in [0.5, 0.6) is 0 Å². The monoisotopic (exact) mass is 420 g/mol. The highest BCUT2D eigenvalue weighted by atomic mass is 14.0. The van der Waals surface area contributed by atoms with Crippen molar-refractivity contribution in [2.45, 2.75) is 20.8 Å². The lowest BCUT2D eigenvalue weighted by atomic mass is 10.0. The van der Waals surface area contributed by atoms with Crippen LogP contribution in [0.1, 0.15) is 50.1 Å². The van der Waals surface area contributed by atoms with Gasteiger partial charge in [0.2, 0.25) is 0 Å². The molecule has 0 atom stereocenters. The Hall–Kier alpha value is -4.44. The van der Waals surface area contributed by atoms with Crippen LogP contribution in [0.2, 0.25) is 0 Å². The predicted molar refractivity (Wildman–Crippen MR) is 138 cm³/mol. The SMILES string of the molecule is Cc1ccc(C#Cc2ccc(C#Cc3ccc(C)cc3)c(C#Cc3ccc(C)cc3)c2)cc1. The standard InChI is InChI=1S/C33H24/c1-25-4-10-28(11-5-25)16-17-31-20-22-32(21-18-29-12-6-26(2)7-13-29)33(24-31)23-19-30-14-8-27(3)9-15-30/h4-15,20,22,24H,1-3H3. The molecule has 0 aromatic heterocycles. The summed E-state index contributed by atoms with van der Waals surface area (Å²) in [6, 6.07) is 30.8. The fraction of sp³-hybridized carbons (Fsp3) is 0.0909. The van der Waals surface area contributed by atoms with Gasteiger partial charge in [-0.1, -0.05) is 88.6 Å². The van der Waals surface area contributed by atoms with E-state index in [1.54, 1.807) is 0 Å². The first kappa shape index (κ1) is 21.8. The van der Waals surface area contributed by atoms with Crippen LogP contribution in [0.15, 0.2) is 91.0 Å². The first-order valence-electron chi connectivity index (χ1n) is 11.0. The van der Waals surface area contributed by atoms with Gasteiger partial charge in [0.05, 0.1) is 0 Å². The molecule has 0 N–H and O–H groups in total. The number of rotatable bonds is 0. The molecule has 4 rings (SSSR count). The highest BCUT2D eigenvalue weighted by Gasteiger charge is 2.00. The molecule has 0 aliphatic rings. The Bertz CT molecular complexity index is 1450. The van der Waals surface area contributed by atoms with Gasteiger partial charge in [0.25, 0.3) is 0 Å². The summed E-state index contributed by atoms with van der Waals surface area (Å²) in [6.45, 7) is 6.23. The zero-order valence-corrected chi connectivity index (χ0v) is 19.2. The Morgan fingerprint density at radius 1 is 0.333 bits per heavy atom. The van der Waals surface area contributed by atoms with Gasteiger partial charge in [-0.15, -0.1) is 0 Å². The molecule has 0 nitrogen and oxygen atoms in total. The summed E-state index contributed by atoms with van der Waals surface area (Å²) >= 11 is 0. The van der Waals surface area contributed by atoms with Gasteiger partial charge in [-0.25, -0.2) is 0 Å². The average molecular weight is 421 g/mol. The zero-order chi connectivity index (χ0) is 23.0. The third kappa shape index (κ3) is 6.28. The summed E-state index contributed by atoms with van der Waals surface area (Å²) in [5.41, 5.74) is 9.34. The fourth-order valence-electron chi connectivity index (χ4n) is 3.17. The van der Waals surface area contributed by atoms with Gasteiger partial charge in [-0.05, 0) is 75.4 Å². The molecule has 0 aliphatic carbocycles. The molecule has 33 heavy (non-hydrogen) atoms. The van der Waals surface area contributed by atoms with Gasteiger partial charge in [0.15, 0.2) is 0 Å². The molecule has 0 radical (unpaired) electrons. The minimum absolute atomic E-state index is 0.880. The van der Waals surface area contributed by atoms with Crippen LogP contribution in [0.3, 0.4) is 0 Å². The van der Waals surface area contributed by atoms with Crippen molar-refractivity contribution in [3.63, 3.8) is 0 Å². The second-order valence-corrected chi connectivity index (χ2v) is 8.11. The quantitative estimate of drug-likeness (QED) is 0.274. The second kappa shape index (κ2) is 10.2. The molecular formula is C33H24. The molecule has 0 saturated carbocycles. The van der Waals surface area contributed by atoms with Crippen LogP contribution in [0.4, 0.5) is 0 Å². The van der Waals surface area contributed by atoms with Gasteiger partial charge < -0.3 is 0 Å². The van der Waals surface area contributed by atoms with Gasteiger partial charge >= 0.3 is 0 Å². The zero-order valence-electron chi connectivity index (χ0n) is 19.2. The summed E-state index contributed by atoms with van der Waals surface area (Å²) in [5.74, 6) is 19.7. The van der Waals surface area contributed by atoms with Crippen molar-refractivity contribution in [3.8, 4) is 35.5 Å². The fourth-order valence-corrected chi connectivity index (χ4v) is 3.17. The Labute approximate surface area is 197 Å². The molecule has 0 bridgehead atoms. The molecule has 0 heteroatoms. The van der Waals surface area contributed by atoms with Crippen molar-refractivity contribution in [2.75, 3.05) is 0 Å². The van der Waals surface area contributed by atoms with Crippen LogP contribution in [-0.2, 0) is 0 Å². The number of benzene rings is 4. The van der Waals surface area contributed by atoms with E-state index in [-0.39, 0.29) is 0 Å². The van der Waals surface area contributed by atoms with E-state index in [1.165, 1.54) is 16.7 Å². The number of hydrogen-bond donors (Lipinski definition) is 0. The smallest absolute Gasteiger partial charge is 0.0418 e. The molecule has 0 saturated heterocycles. The predicted octanol–water partition coefficient (Wildman–Crippen LogP) is 6.81. The topological polar surface area (TPSA) is 0 Å². The minimum Gasteiger partial charge on any atom is -0.0617 e. The van der Waals surface area contributed by atoms with Crippen molar-refractivity contribution >= 4 is 0 Å². The Balaban J connectivity index is 1.70. The van der Waals surface area contributed by atoms with E-state index in [9.17, 15) is 0 Å². The van der Waals surface area contributed by atoms with E-state index in [0.717, 1.165) is 33.4 Å². The maximum absolute atomic E-state index is 3.32. The van der Waals surface area contributed by atoms with E-state index in [1.807, 2.05) is 54.6 Å². The highest BCUT2D eigenvalue weighted by molar-refractivity contribution is 5.58. The average Bonchev–Trinajstić information content (AvgIpc) is 2.83. The maximum Gasteiger partial charge on any atom is 0.0418 e. The summed E-state index contributed by atoms with van der Waals surface area (Å²) < 4.78 is 0. The van der Waals surface area contributed by atoms with Crippen molar-refractivity contribution in [2.24, 2.45) is 0 Å². The number of aryl methyl sites for hydroxylation is 3. The maximum atomic E-state index is 3.32. The lowest BCUT2D eigenvalue weighted by molar-refractivity contribution is 1.46. The van der Waals surface area contributed by atoms with E-state index < -0.39 is 0 Å². The second-order valence-electron chi connectivity index (χ2n) is 8.11. The molecule has 0 spiro atoms. The van der Waals surface area contributed by atoms with E-state index in [0.29, 0.717) is 0 Å². The normalized spacial score (nSPS) is 9.55. The molecule has 0 heterocycles. The summed E-state index contributed by atoms with van der Waals surface area (Å²) in [7, 11) is 0. The Morgan fingerprint density at radius 3 is 1.12 bits per heavy atom. The number of hydrogen-bond acceptors (Lipinski definition) is 0. The van der Waals surface area contributed by atoms with Crippen molar-refractivity contribution < 1.29 is 0 Å². The van der Waals surface area contributed by atoms with Crippen LogP contribution >= 0.6 is 0 Å². The first-order chi connectivity index (χ1) is 16.0. The lowest BCUT2D eigenvalue weighted by Crippen LogP contribution is -1.87. The molecule has 0 fully saturated rings.